The van der Waals surface area contributed by atoms with Gasteiger partial charge >= 0.3 is 0 Å². The molecule has 0 saturated heterocycles. The topological polar surface area (TPSA) is 82.3 Å². The first kappa shape index (κ1) is 21.1. The lowest BCUT2D eigenvalue weighted by Crippen LogP contribution is -2.59. The number of amides is 1. The van der Waals surface area contributed by atoms with Crippen molar-refractivity contribution in [2.24, 2.45) is 0 Å². The number of fused-ring (bicyclic) bond motifs is 3. The first-order chi connectivity index (χ1) is 15.1. The third kappa shape index (κ3) is 3.72. The summed E-state index contributed by atoms with van der Waals surface area (Å²) in [6.07, 6.45) is 2.32. The van der Waals surface area contributed by atoms with Gasteiger partial charge in [-0.3, -0.25) is 4.79 Å². The number of aromatic nitrogens is 3. The third-order valence-electron chi connectivity index (χ3n) is 5.13. The lowest BCUT2D eigenvalue weighted by molar-refractivity contribution is -0.764. The Morgan fingerprint density at radius 3 is 2.68 bits per heavy atom. The minimum atomic E-state index is -0.660. The number of hydrogen-bond donors (Lipinski definition) is 0. The zero-order valence-electron chi connectivity index (χ0n) is 17.7. The minimum absolute atomic E-state index is 0.0716. The smallest absolute Gasteiger partial charge is 0.296 e. The maximum atomic E-state index is 13.2. The van der Waals surface area contributed by atoms with Crippen LogP contribution in [0.25, 0.3) is 11.3 Å². The van der Waals surface area contributed by atoms with Crippen molar-refractivity contribution in [1.82, 2.24) is 10.1 Å². The number of anilines is 1. The van der Waals surface area contributed by atoms with Gasteiger partial charge in [-0.05, 0) is 36.9 Å². The Morgan fingerprint density at radius 2 is 1.94 bits per heavy atom. The van der Waals surface area contributed by atoms with Crippen LogP contribution >= 0.6 is 11.8 Å². The second-order valence-corrected chi connectivity index (χ2v) is 7.86. The van der Waals surface area contributed by atoms with Crippen molar-refractivity contribution in [2.45, 2.75) is 38.0 Å². The van der Waals surface area contributed by atoms with Gasteiger partial charge < -0.3 is 9.84 Å². The lowest BCUT2D eigenvalue weighted by atomic mass is 10.0. The van der Waals surface area contributed by atoms with Crippen molar-refractivity contribution >= 4 is 23.4 Å². The Morgan fingerprint density at radius 1 is 1.19 bits per heavy atom. The molecule has 0 N–H and O–H groups in total. The Hall–Kier alpha value is -3.13. The maximum absolute atomic E-state index is 13.2. The van der Waals surface area contributed by atoms with Crippen LogP contribution in [-0.4, -0.2) is 28.9 Å². The molecule has 0 aliphatic carbocycles. The molecule has 1 aliphatic heterocycles. The molecule has 2 aromatic carbocycles. The predicted molar refractivity (Wildman–Crippen MR) is 117 cm³/mol. The van der Waals surface area contributed by atoms with Crippen LogP contribution in [-0.2, 0) is 4.79 Å². The van der Waals surface area contributed by atoms with Gasteiger partial charge in [0.25, 0.3) is 17.0 Å². The third-order valence-corrected chi connectivity index (χ3v) is 5.67. The van der Waals surface area contributed by atoms with Gasteiger partial charge in [-0.15, -0.1) is 0 Å². The molecule has 4 rings (SSSR count). The van der Waals surface area contributed by atoms with Crippen LogP contribution in [0.15, 0.2) is 53.7 Å². The average molecular weight is 437 g/mol. The number of hydrogen-bond acceptors (Lipinski definition) is 6. The van der Waals surface area contributed by atoms with Crippen LogP contribution in [0.3, 0.4) is 0 Å². The van der Waals surface area contributed by atoms with E-state index >= 15 is 0 Å². The van der Waals surface area contributed by atoms with E-state index in [9.17, 15) is 9.90 Å². The van der Waals surface area contributed by atoms with E-state index in [4.69, 9.17) is 4.74 Å². The van der Waals surface area contributed by atoms with Crippen molar-refractivity contribution in [3.05, 3.63) is 54.1 Å². The monoisotopic (exact) mass is 436 g/mol. The Kier molecular flexibility index (Phi) is 6.08. The SMILES string of the molecule is CCCOc1ccccc1C1N(C(=O)CC)c2ccccc2-c2c([O-])nc(SC)n[n+]21. The van der Waals surface area contributed by atoms with E-state index in [1.807, 2.05) is 68.6 Å². The molecule has 1 aromatic heterocycles. The van der Waals surface area contributed by atoms with Gasteiger partial charge in [-0.25, -0.2) is 9.88 Å². The van der Waals surface area contributed by atoms with E-state index in [0.29, 0.717) is 40.9 Å². The standard InChI is InChI=1S/C23H24N4O3S/c1-4-14-30-18-13-9-7-11-16(18)22-26(19(28)5-2)17-12-8-6-10-15(17)20-21(29)24-23(31-3)25-27(20)22/h6-13,22H,4-5,14H2,1-3H3. The molecule has 0 bridgehead atoms. The highest BCUT2D eigenvalue weighted by atomic mass is 32.2. The molecule has 1 aliphatic rings. The molecule has 1 amide bonds. The summed E-state index contributed by atoms with van der Waals surface area (Å²) in [4.78, 5) is 19.1. The molecule has 3 aromatic rings. The van der Waals surface area contributed by atoms with Gasteiger partial charge in [-0.1, -0.05) is 54.6 Å². The maximum Gasteiger partial charge on any atom is 0.296 e. The molecule has 2 heterocycles. The molecule has 7 nitrogen and oxygen atoms in total. The van der Waals surface area contributed by atoms with E-state index in [2.05, 4.69) is 10.1 Å². The number of nitrogens with zero attached hydrogens (tertiary/aromatic N) is 4. The van der Waals surface area contributed by atoms with Crippen LogP contribution in [0, 0.1) is 0 Å². The fourth-order valence-corrected chi connectivity index (χ4v) is 4.12. The zero-order valence-corrected chi connectivity index (χ0v) is 18.6. The molecule has 8 heteroatoms. The van der Waals surface area contributed by atoms with E-state index < -0.39 is 6.17 Å². The number of benzene rings is 2. The predicted octanol–water partition coefficient (Wildman–Crippen LogP) is 3.32. The van der Waals surface area contributed by atoms with Crippen molar-refractivity contribution in [3.63, 3.8) is 0 Å². The summed E-state index contributed by atoms with van der Waals surface area (Å²) < 4.78 is 7.64. The quantitative estimate of drug-likeness (QED) is 0.436. The van der Waals surface area contributed by atoms with Crippen LogP contribution in [0.5, 0.6) is 11.6 Å². The molecular weight excluding hydrogens is 412 g/mol. The molecule has 31 heavy (non-hydrogen) atoms. The summed E-state index contributed by atoms with van der Waals surface area (Å²) in [5.74, 6) is 0.225. The van der Waals surface area contributed by atoms with Crippen LogP contribution in [0.2, 0.25) is 0 Å². The molecule has 1 unspecified atom stereocenters. The number of para-hydroxylation sites is 2. The van der Waals surface area contributed by atoms with E-state index in [1.54, 1.807) is 9.58 Å². The Balaban J connectivity index is 2.04. The highest BCUT2D eigenvalue weighted by Gasteiger charge is 2.45. The Labute approximate surface area is 185 Å². The normalized spacial score (nSPS) is 14.7. The van der Waals surface area contributed by atoms with Crippen molar-refractivity contribution < 1.29 is 19.3 Å². The molecule has 160 valence electrons. The summed E-state index contributed by atoms with van der Waals surface area (Å²) in [5.41, 5.74) is 2.44. The van der Waals surface area contributed by atoms with E-state index in [0.717, 1.165) is 12.0 Å². The summed E-state index contributed by atoms with van der Waals surface area (Å²) in [5, 5.41) is 18.1. The molecule has 1 atom stereocenters. The first-order valence-corrected chi connectivity index (χ1v) is 11.5. The number of ether oxygens (including phenoxy) is 1. The van der Waals surface area contributed by atoms with Gasteiger partial charge in [0.05, 0.1) is 29.3 Å². The van der Waals surface area contributed by atoms with E-state index in [1.165, 1.54) is 11.8 Å². The fraction of sp³-hybridized carbons (Fsp3) is 0.304. The molecule has 0 saturated carbocycles. The largest absolute Gasteiger partial charge is 0.854 e. The van der Waals surface area contributed by atoms with Crippen LogP contribution in [0.1, 0.15) is 38.4 Å². The fourth-order valence-electron chi connectivity index (χ4n) is 3.78. The van der Waals surface area contributed by atoms with Gasteiger partial charge in [0.1, 0.15) is 5.75 Å². The Bertz CT molecular complexity index is 1120. The number of thioether (sulfide) groups is 1. The minimum Gasteiger partial charge on any atom is -0.854 e. The van der Waals surface area contributed by atoms with Gasteiger partial charge in [-0.2, -0.15) is 0 Å². The molecule has 0 fully saturated rings. The first-order valence-electron chi connectivity index (χ1n) is 10.3. The molecular formula is C23H24N4O3S. The number of rotatable bonds is 6. The second-order valence-electron chi connectivity index (χ2n) is 7.09. The van der Waals surface area contributed by atoms with Crippen molar-refractivity contribution in [2.75, 3.05) is 17.8 Å². The summed E-state index contributed by atoms with van der Waals surface area (Å²) in [6.45, 7) is 4.42. The second kappa shape index (κ2) is 8.93. The van der Waals surface area contributed by atoms with Crippen molar-refractivity contribution in [3.8, 4) is 22.9 Å². The van der Waals surface area contributed by atoms with Crippen LogP contribution < -0.4 is 19.4 Å². The van der Waals surface area contributed by atoms with Gasteiger partial charge in [0.15, 0.2) is 0 Å². The number of carbonyl (C=O) groups excluding carboxylic acids is 1. The average Bonchev–Trinajstić information content (AvgIpc) is 2.81. The highest BCUT2D eigenvalue weighted by Crippen LogP contribution is 2.42. The van der Waals surface area contributed by atoms with Crippen molar-refractivity contribution in [1.29, 1.82) is 0 Å². The summed E-state index contributed by atoms with van der Waals surface area (Å²) in [7, 11) is 0. The van der Waals surface area contributed by atoms with Gasteiger partial charge in [0.2, 0.25) is 5.91 Å². The van der Waals surface area contributed by atoms with E-state index in [-0.39, 0.29) is 11.8 Å². The molecule has 0 radical (unpaired) electrons. The number of carbonyl (C=O) groups is 1. The zero-order chi connectivity index (χ0) is 22.0. The highest BCUT2D eigenvalue weighted by molar-refractivity contribution is 7.98. The molecule has 0 spiro atoms. The van der Waals surface area contributed by atoms with Crippen LogP contribution in [0.4, 0.5) is 5.69 Å². The lowest BCUT2D eigenvalue weighted by Gasteiger charge is -2.33. The van der Waals surface area contributed by atoms with Gasteiger partial charge in [0, 0.05) is 11.5 Å². The summed E-state index contributed by atoms with van der Waals surface area (Å²) in [6, 6.07) is 15.0. The summed E-state index contributed by atoms with van der Waals surface area (Å²) >= 11 is 1.29.